The third-order valence-corrected chi connectivity index (χ3v) is 2.82. The summed E-state index contributed by atoms with van der Waals surface area (Å²) in [5, 5.41) is 3.40. The van der Waals surface area contributed by atoms with Crippen LogP contribution in [0.5, 0.6) is 0 Å². The van der Waals surface area contributed by atoms with Gasteiger partial charge in [0.2, 0.25) is 0 Å². The molecule has 0 saturated carbocycles. The zero-order valence-electron chi connectivity index (χ0n) is 12.3. The van der Waals surface area contributed by atoms with Crippen LogP contribution in [-0.4, -0.2) is 36.6 Å². The maximum absolute atomic E-state index is 4.62. The van der Waals surface area contributed by atoms with Crippen LogP contribution in [0.15, 0.2) is 6.07 Å². The highest BCUT2D eigenvalue weighted by atomic mass is 15.2. The Hall–Kier alpha value is -1.16. The predicted octanol–water partition coefficient (Wildman–Crippen LogP) is 2.34. The van der Waals surface area contributed by atoms with Crippen LogP contribution >= 0.6 is 0 Å². The Balaban J connectivity index is 2.64. The second kappa shape index (κ2) is 7.31. The lowest BCUT2D eigenvalue weighted by Gasteiger charge is -2.20. The molecule has 0 spiro atoms. The maximum Gasteiger partial charge on any atom is 0.133 e. The topological polar surface area (TPSA) is 41.0 Å². The lowest BCUT2D eigenvalue weighted by Crippen LogP contribution is -2.30. The molecule has 0 aliphatic rings. The van der Waals surface area contributed by atoms with E-state index in [1.165, 1.54) is 6.42 Å². The van der Waals surface area contributed by atoms with Crippen LogP contribution in [0.2, 0.25) is 0 Å². The molecule has 4 nitrogen and oxygen atoms in total. The molecule has 0 aliphatic carbocycles. The Morgan fingerprint density at radius 1 is 1.28 bits per heavy atom. The number of nitrogens with zero attached hydrogens (tertiary/aromatic N) is 3. The highest BCUT2D eigenvalue weighted by Crippen LogP contribution is 2.15. The number of hydrogen-bond donors (Lipinski definition) is 1. The van der Waals surface area contributed by atoms with E-state index in [9.17, 15) is 0 Å². The van der Waals surface area contributed by atoms with Crippen molar-refractivity contribution in [1.82, 2.24) is 15.3 Å². The molecule has 1 N–H and O–H groups in total. The molecule has 1 aromatic rings. The van der Waals surface area contributed by atoms with Gasteiger partial charge >= 0.3 is 0 Å². The molecule has 4 heteroatoms. The van der Waals surface area contributed by atoms with Crippen LogP contribution in [0, 0.1) is 6.92 Å². The minimum absolute atomic E-state index is 0.371. The highest BCUT2D eigenvalue weighted by Gasteiger charge is 2.08. The summed E-state index contributed by atoms with van der Waals surface area (Å²) in [6.07, 6.45) is 1.17. The number of hydrogen-bond acceptors (Lipinski definition) is 4. The van der Waals surface area contributed by atoms with Gasteiger partial charge in [-0.3, -0.25) is 0 Å². The third-order valence-electron chi connectivity index (χ3n) is 2.82. The average molecular weight is 250 g/mol. The summed E-state index contributed by atoms with van der Waals surface area (Å²) in [5.74, 6) is 2.32. The fourth-order valence-electron chi connectivity index (χ4n) is 1.69. The summed E-state index contributed by atoms with van der Waals surface area (Å²) >= 11 is 0. The molecule has 0 fully saturated rings. The second-order valence-corrected chi connectivity index (χ2v) is 5.05. The SMILES string of the molecule is CCCNCCN(C)c1cc(C)nc(C(C)C)n1. The zero-order valence-corrected chi connectivity index (χ0v) is 12.3. The van der Waals surface area contributed by atoms with E-state index in [1.54, 1.807) is 0 Å². The quantitative estimate of drug-likeness (QED) is 0.754. The molecular weight excluding hydrogens is 224 g/mol. The van der Waals surface area contributed by atoms with Crippen molar-refractivity contribution in [3.8, 4) is 0 Å². The van der Waals surface area contributed by atoms with Gasteiger partial charge in [-0.1, -0.05) is 20.8 Å². The van der Waals surface area contributed by atoms with Gasteiger partial charge in [0, 0.05) is 37.8 Å². The van der Waals surface area contributed by atoms with E-state index in [-0.39, 0.29) is 0 Å². The monoisotopic (exact) mass is 250 g/mol. The first-order valence-corrected chi connectivity index (χ1v) is 6.82. The van der Waals surface area contributed by atoms with Gasteiger partial charge in [-0.05, 0) is 19.9 Å². The summed E-state index contributed by atoms with van der Waals surface area (Å²) in [6.45, 7) is 11.5. The van der Waals surface area contributed by atoms with Crippen molar-refractivity contribution in [2.24, 2.45) is 0 Å². The molecule has 102 valence electrons. The van der Waals surface area contributed by atoms with Crippen LogP contribution in [0.4, 0.5) is 5.82 Å². The molecule has 0 radical (unpaired) electrons. The van der Waals surface area contributed by atoms with Crippen molar-refractivity contribution in [2.75, 3.05) is 31.6 Å². The van der Waals surface area contributed by atoms with Crippen molar-refractivity contribution in [1.29, 1.82) is 0 Å². The summed E-state index contributed by atoms with van der Waals surface area (Å²) < 4.78 is 0. The van der Waals surface area contributed by atoms with Crippen molar-refractivity contribution < 1.29 is 0 Å². The van der Waals surface area contributed by atoms with Crippen LogP contribution in [0.3, 0.4) is 0 Å². The van der Waals surface area contributed by atoms with Crippen LogP contribution < -0.4 is 10.2 Å². The van der Waals surface area contributed by atoms with Gasteiger partial charge in [0.15, 0.2) is 0 Å². The molecule has 1 rings (SSSR count). The van der Waals surface area contributed by atoms with E-state index in [0.717, 1.165) is 37.0 Å². The van der Waals surface area contributed by atoms with E-state index in [1.807, 2.05) is 13.0 Å². The Kier molecular flexibility index (Phi) is 6.05. The molecule has 0 atom stereocenters. The lowest BCUT2D eigenvalue weighted by atomic mass is 10.2. The molecule has 18 heavy (non-hydrogen) atoms. The van der Waals surface area contributed by atoms with Crippen molar-refractivity contribution in [3.05, 3.63) is 17.6 Å². The highest BCUT2D eigenvalue weighted by molar-refractivity contribution is 5.38. The number of rotatable bonds is 7. The van der Waals surface area contributed by atoms with Crippen LogP contribution in [0.1, 0.15) is 44.6 Å². The van der Waals surface area contributed by atoms with Crippen LogP contribution in [0.25, 0.3) is 0 Å². The fraction of sp³-hybridized carbons (Fsp3) is 0.714. The molecule has 0 unspecified atom stereocenters. The summed E-state index contributed by atoms with van der Waals surface area (Å²) in [5.41, 5.74) is 1.04. The van der Waals surface area contributed by atoms with Gasteiger partial charge in [0.1, 0.15) is 11.6 Å². The van der Waals surface area contributed by atoms with Gasteiger partial charge in [-0.2, -0.15) is 0 Å². The first-order chi connectivity index (χ1) is 8.54. The summed E-state index contributed by atoms with van der Waals surface area (Å²) in [6, 6.07) is 2.05. The molecular formula is C14H26N4. The van der Waals surface area contributed by atoms with E-state index in [0.29, 0.717) is 5.92 Å². The van der Waals surface area contributed by atoms with E-state index >= 15 is 0 Å². The van der Waals surface area contributed by atoms with Crippen LogP contribution in [-0.2, 0) is 0 Å². The normalized spacial score (nSPS) is 11.0. The molecule has 0 bridgehead atoms. The van der Waals surface area contributed by atoms with Gasteiger partial charge in [-0.25, -0.2) is 9.97 Å². The average Bonchev–Trinajstić information content (AvgIpc) is 2.33. The second-order valence-electron chi connectivity index (χ2n) is 5.05. The van der Waals surface area contributed by atoms with Gasteiger partial charge < -0.3 is 10.2 Å². The fourth-order valence-corrected chi connectivity index (χ4v) is 1.69. The zero-order chi connectivity index (χ0) is 13.5. The number of aromatic nitrogens is 2. The Morgan fingerprint density at radius 3 is 2.61 bits per heavy atom. The molecule has 0 aromatic carbocycles. The summed E-state index contributed by atoms with van der Waals surface area (Å²) in [4.78, 5) is 11.3. The first-order valence-electron chi connectivity index (χ1n) is 6.82. The smallest absolute Gasteiger partial charge is 0.133 e. The number of aryl methyl sites for hydroxylation is 1. The Bertz CT molecular complexity index is 363. The first kappa shape index (κ1) is 14.9. The third kappa shape index (κ3) is 4.61. The van der Waals surface area contributed by atoms with Gasteiger partial charge in [-0.15, -0.1) is 0 Å². The molecule has 0 amide bonds. The van der Waals surface area contributed by atoms with Crippen molar-refractivity contribution >= 4 is 5.82 Å². The predicted molar refractivity (Wildman–Crippen MR) is 77.3 cm³/mol. The Labute approximate surface area is 111 Å². The summed E-state index contributed by atoms with van der Waals surface area (Å²) in [7, 11) is 2.08. The minimum Gasteiger partial charge on any atom is -0.358 e. The lowest BCUT2D eigenvalue weighted by molar-refractivity contribution is 0.661. The molecule has 0 saturated heterocycles. The van der Waals surface area contributed by atoms with Crippen molar-refractivity contribution in [2.45, 2.75) is 40.0 Å². The largest absolute Gasteiger partial charge is 0.358 e. The Morgan fingerprint density at radius 2 is 2.00 bits per heavy atom. The maximum atomic E-state index is 4.62. The number of anilines is 1. The minimum atomic E-state index is 0.371. The van der Waals surface area contributed by atoms with Gasteiger partial charge in [0.25, 0.3) is 0 Å². The van der Waals surface area contributed by atoms with E-state index < -0.39 is 0 Å². The van der Waals surface area contributed by atoms with Gasteiger partial charge in [0.05, 0.1) is 0 Å². The standard InChI is InChI=1S/C14H26N4/c1-6-7-15-8-9-18(5)13-10-12(4)16-14(17-13)11(2)3/h10-11,15H,6-9H2,1-5H3. The molecule has 1 aromatic heterocycles. The number of likely N-dealkylation sites (N-methyl/N-ethyl adjacent to an activating group) is 1. The molecule has 1 heterocycles. The molecule has 0 aliphatic heterocycles. The van der Waals surface area contributed by atoms with E-state index in [4.69, 9.17) is 0 Å². The van der Waals surface area contributed by atoms with Crippen molar-refractivity contribution in [3.63, 3.8) is 0 Å². The number of nitrogens with one attached hydrogen (secondary N) is 1. The van der Waals surface area contributed by atoms with E-state index in [2.05, 4.69) is 48.0 Å².